The normalized spacial score (nSPS) is 19.9. The Morgan fingerprint density at radius 1 is 0.971 bits per heavy atom. The minimum absolute atomic E-state index is 0.0483. The molecule has 9 heteroatoms. The van der Waals surface area contributed by atoms with Gasteiger partial charge in [-0.05, 0) is 17.2 Å². The average molecular weight is 476 g/mol. The molecule has 0 N–H and O–H groups in total. The van der Waals surface area contributed by atoms with Crippen molar-refractivity contribution in [2.75, 3.05) is 6.61 Å². The number of hydrogen-bond donors (Lipinski definition) is 0. The SMILES string of the molecule is O=c1nc(-n2cncn2)ccn1[C@H]1C[C@H](OCc2ccccc2)[C@H](COCc2ccccc2)S1. The monoisotopic (exact) mass is 475 g/mol. The van der Waals surface area contributed by atoms with Crippen molar-refractivity contribution in [2.45, 2.75) is 36.4 Å². The van der Waals surface area contributed by atoms with Gasteiger partial charge >= 0.3 is 5.69 Å². The number of nitrogens with zero attached hydrogens (tertiary/aromatic N) is 5. The molecule has 8 nitrogen and oxygen atoms in total. The van der Waals surface area contributed by atoms with Crippen molar-refractivity contribution >= 4 is 11.8 Å². The molecule has 0 saturated carbocycles. The van der Waals surface area contributed by atoms with Crippen molar-refractivity contribution in [3.63, 3.8) is 0 Å². The molecule has 5 rings (SSSR count). The van der Waals surface area contributed by atoms with Crippen LogP contribution < -0.4 is 5.69 Å². The molecule has 3 atom stereocenters. The molecule has 1 aliphatic rings. The first-order valence-electron chi connectivity index (χ1n) is 11.1. The summed E-state index contributed by atoms with van der Waals surface area (Å²) in [6.45, 7) is 1.60. The molecular weight excluding hydrogens is 450 g/mol. The van der Waals surface area contributed by atoms with Gasteiger partial charge in [0.15, 0.2) is 5.82 Å². The maximum Gasteiger partial charge on any atom is 0.350 e. The quantitative estimate of drug-likeness (QED) is 0.365. The highest BCUT2D eigenvalue weighted by Crippen LogP contribution is 2.43. The number of thioether (sulfide) groups is 1. The Bertz CT molecular complexity index is 1230. The number of aromatic nitrogens is 5. The number of hydrogen-bond acceptors (Lipinski definition) is 7. The van der Waals surface area contributed by atoms with E-state index >= 15 is 0 Å². The summed E-state index contributed by atoms with van der Waals surface area (Å²) < 4.78 is 15.5. The van der Waals surface area contributed by atoms with Gasteiger partial charge in [0, 0.05) is 12.6 Å². The summed E-state index contributed by atoms with van der Waals surface area (Å²) in [5.41, 5.74) is 1.93. The van der Waals surface area contributed by atoms with Crippen LogP contribution in [-0.2, 0) is 22.7 Å². The van der Waals surface area contributed by atoms with Crippen molar-refractivity contribution < 1.29 is 9.47 Å². The summed E-state index contributed by atoms with van der Waals surface area (Å²) in [4.78, 5) is 20.9. The fourth-order valence-corrected chi connectivity index (χ4v) is 5.45. The van der Waals surface area contributed by atoms with E-state index in [-0.39, 0.29) is 22.4 Å². The Kier molecular flexibility index (Phi) is 7.13. The summed E-state index contributed by atoms with van der Waals surface area (Å²) in [7, 11) is 0. The van der Waals surface area contributed by atoms with Gasteiger partial charge in [-0.25, -0.2) is 14.5 Å². The molecular formula is C25H25N5O3S. The van der Waals surface area contributed by atoms with E-state index in [0.29, 0.717) is 32.1 Å². The molecule has 2 aromatic carbocycles. The summed E-state index contributed by atoms with van der Waals surface area (Å²) in [5, 5.41) is 4.05. The van der Waals surface area contributed by atoms with Crippen molar-refractivity contribution in [2.24, 2.45) is 0 Å². The largest absolute Gasteiger partial charge is 0.376 e. The fraction of sp³-hybridized carbons (Fsp3) is 0.280. The van der Waals surface area contributed by atoms with E-state index in [2.05, 4.69) is 39.3 Å². The lowest BCUT2D eigenvalue weighted by Crippen LogP contribution is -2.27. The van der Waals surface area contributed by atoms with Gasteiger partial charge in [-0.15, -0.1) is 11.8 Å². The van der Waals surface area contributed by atoms with Crippen LogP contribution in [0.15, 0.2) is 90.4 Å². The number of benzene rings is 2. The van der Waals surface area contributed by atoms with Crippen LogP contribution in [-0.4, -0.2) is 42.3 Å². The highest BCUT2D eigenvalue weighted by Gasteiger charge is 2.37. The van der Waals surface area contributed by atoms with Crippen LogP contribution in [0.1, 0.15) is 22.9 Å². The van der Waals surface area contributed by atoms with E-state index < -0.39 is 0 Å². The minimum Gasteiger partial charge on any atom is -0.376 e. The van der Waals surface area contributed by atoms with Crippen LogP contribution in [0.5, 0.6) is 0 Å². The van der Waals surface area contributed by atoms with E-state index in [1.807, 2.05) is 36.4 Å². The van der Waals surface area contributed by atoms with Crippen LogP contribution in [0, 0.1) is 0 Å². The first-order chi connectivity index (χ1) is 16.8. The van der Waals surface area contributed by atoms with Gasteiger partial charge in [0.2, 0.25) is 0 Å². The van der Waals surface area contributed by atoms with Crippen LogP contribution in [0.4, 0.5) is 0 Å². The van der Waals surface area contributed by atoms with Gasteiger partial charge in [-0.3, -0.25) is 4.57 Å². The molecule has 1 fully saturated rings. The molecule has 174 valence electrons. The fourth-order valence-electron chi connectivity index (χ4n) is 3.92. The highest BCUT2D eigenvalue weighted by atomic mass is 32.2. The van der Waals surface area contributed by atoms with E-state index in [1.165, 1.54) is 17.3 Å². The van der Waals surface area contributed by atoms with E-state index in [4.69, 9.17) is 9.47 Å². The van der Waals surface area contributed by atoms with Crippen LogP contribution in [0.2, 0.25) is 0 Å². The molecule has 3 heterocycles. The molecule has 2 aromatic heterocycles. The number of rotatable bonds is 9. The Morgan fingerprint density at radius 3 is 2.38 bits per heavy atom. The van der Waals surface area contributed by atoms with Crippen molar-refractivity contribution in [1.29, 1.82) is 0 Å². The zero-order chi connectivity index (χ0) is 23.2. The number of ether oxygens (including phenoxy) is 2. The van der Waals surface area contributed by atoms with Gasteiger partial charge in [0.1, 0.15) is 12.7 Å². The smallest absolute Gasteiger partial charge is 0.350 e. The zero-order valence-electron chi connectivity index (χ0n) is 18.5. The standard InChI is InChI=1S/C25H25N5O3S/c31-25-28-23(30-18-26-17-27-30)11-12-29(25)24-13-21(33-15-20-9-5-2-6-10-20)22(34-24)16-32-14-19-7-3-1-4-8-19/h1-12,17-18,21-22,24H,13-16H2/t21-,22-,24+/m0/s1. The summed E-state index contributed by atoms with van der Waals surface area (Å²) in [6.07, 6.45) is 5.35. The molecule has 0 spiro atoms. The lowest BCUT2D eigenvalue weighted by molar-refractivity contribution is 0.0135. The topological polar surface area (TPSA) is 84.1 Å². The van der Waals surface area contributed by atoms with Crippen molar-refractivity contribution in [3.05, 3.63) is 107 Å². The summed E-state index contributed by atoms with van der Waals surface area (Å²) in [5.74, 6) is 0.446. The second kappa shape index (κ2) is 10.8. The average Bonchev–Trinajstić information content (AvgIpc) is 3.55. The lowest BCUT2D eigenvalue weighted by Gasteiger charge is -2.19. The van der Waals surface area contributed by atoms with Crippen molar-refractivity contribution in [1.82, 2.24) is 24.3 Å². The maximum atomic E-state index is 12.8. The first-order valence-corrected chi connectivity index (χ1v) is 12.1. The highest BCUT2D eigenvalue weighted by molar-refractivity contribution is 8.00. The lowest BCUT2D eigenvalue weighted by atomic mass is 10.1. The second-order valence-electron chi connectivity index (χ2n) is 8.02. The predicted molar refractivity (Wildman–Crippen MR) is 130 cm³/mol. The van der Waals surface area contributed by atoms with Crippen LogP contribution in [0.25, 0.3) is 5.82 Å². The maximum absolute atomic E-state index is 12.8. The molecule has 0 radical (unpaired) electrons. The van der Waals surface area contributed by atoms with E-state index in [9.17, 15) is 4.79 Å². The summed E-state index contributed by atoms with van der Waals surface area (Å²) in [6, 6.07) is 22.0. The third-order valence-electron chi connectivity index (χ3n) is 5.66. The van der Waals surface area contributed by atoms with Gasteiger partial charge in [-0.1, -0.05) is 60.7 Å². The van der Waals surface area contributed by atoms with Gasteiger partial charge < -0.3 is 9.47 Å². The third-order valence-corrected chi connectivity index (χ3v) is 7.18. The zero-order valence-corrected chi connectivity index (χ0v) is 19.3. The minimum atomic E-state index is -0.321. The predicted octanol–water partition coefficient (Wildman–Crippen LogP) is 3.63. The summed E-state index contributed by atoms with van der Waals surface area (Å²) >= 11 is 1.70. The van der Waals surface area contributed by atoms with E-state index in [0.717, 1.165) is 11.1 Å². The van der Waals surface area contributed by atoms with Gasteiger partial charge in [0.25, 0.3) is 0 Å². The molecule has 1 aliphatic heterocycles. The van der Waals surface area contributed by atoms with Gasteiger partial charge in [-0.2, -0.15) is 10.1 Å². The molecule has 34 heavy (non-hydrogen) atoms. The second-order valence-corrected chi connectivity index (χ2v) is 9.44. The molecule has 4 aromatic rings. The molecule has 1 saturated heterocycles. The van der Waals surface area contributed by atoms with Gasteiger partial charge in [0.05, 0.1) is 36.5 Å². The Hall–Kier alpha value is -3.27. The molecule has 0 bridgehead atoms. The van der Waals surface area contributed by atoms with Crippen LogP contribution >= 0.6 is 11.8 Å². The Balaban J connectivity index is 1.28. The molecule has 0 unspecified atom stereocenters. The Labute approximate surface area is 201 Å². The first kappa shape index (κ1) is 22.5. The van der Waals surface area contributed by atoms with Crippen LogP contribution in [0.3, 0.4) is 0 Å². The third kappa shape index (κ3) is 5.44. The Morgan fingerprint density at radius 2 is 1.71 bits per heavy atom. The van der Waals surface area contributed by atoms with E-state index in [1.54, 1.807) is 28.6 Å². The molecule has 0 amide bonds. The van der Waals surface area contributed by atoms with Crippen molar-refractivity contribution in [3.8, 4) is 5.82 Å². The molecule has 0 aliphatic carbocycles.